The Balaban J connectivity index is 3.60. The van der Waals surface area contributed by atoms with Gasteiger partial charge >= 0.3 is 7.60 Å². The van der Waals surface area contributed by atoms with E-state index in [1.807, 2.05) is 27.7 Å². The van der Waals surface area contributed by atoms with Crippen molar-refractivity contribution in [2.24, 2.45) is 11.8 Å². The summed E-state index contributed by atoms with van der Waals surface area (Å²) in [5.41, 5.74) is 6.88. The molecule has 102 valence electrons. The van der Waals surface area contributed by atoms with Crippen LogP contribution in [0, 0.1) is 11.8 Å². The first-order valence-corrected chi connectivity index (χ1v) is 7.67. The fourth-order valence-electron chi connectivity index (χ4n) is 2.96. The van der Waals surface area contributed by atoms with E-state index in [0.717, 1.165) is 0 Å². The smallest absolute Gasteiger partial charge is 0.336 e. The van der Waals surface area contributed by atoms with Crippen molar-refractivity contribution in [1.29, 1.82) is 0 Å². The van der Waals surface area contributed by atoms with E-state index in [0.29, 0.717) is 11.3 Å². The highest BCUT2D eigenvalue weighted by molar-refractivity contribution is 7.53. The van der Waals surface area contributed by atoms with Crippen LogP contribution in [-0.4, -0.2) is 9.79 Å². The van der Waals surface area contributed by atoms with Crippen molar-refractivity contribution in [3.63, 3.8) is 0 Å². The number of nitrogens with two attached hydrogens (primary N) is 1. The maximum Gasteiger partial charge on any atom is 0.336 e. The molecule has 1 aromatic carbocycles. The highest BCUT2D eigenvalue weighted by atomic mass is 31.2. The molecule has 0 atom stereocenters. The van der Waals surface area contributed by atoms with E-state index >= 15 is 0 Å². The second-order valence-corrected chi connectivity index (χ2v) is 7.13. The highest BCUT2D eigenvalue weighted by Crippen LogP contribution is 2.64. The molecule has 4 N–H and O–H groups in total. The molecule has 0 spiro atoms. The number of anilines is 1. The molecular formula is C13H22NO3P. The molecule has 0 aliphatic heterocycles. The predicted molar refractivity (Wildman–Crippen MR) is 74.3 cm³/mol. The topological polar surface area (TPSA) is 83.6 Å². The van der Waals surface area contributed by atoms with Crippen molar-refractivity contribution in [3.8, 4) is 0 Å². The first-order valence-electron chi connectivity index (χ1n) is 6.05. The minimum absolute atomic E-state index is 0.194. The number of rotatable bonds is 4. The van der Waals surface area contributed by atoms with E-state index < -0.39 is 12.8 Å². The molecule has 0 unspecified atom stereocenters. The minimum Gasteiger partial charge on any atom is -0.399 e. The Morgan fingerprint density at radius 3 is 2.00 bits per heavy atom. The van der Waals surface area contributed by atoms with Gasteiger partial charge in [0.2, 0.25) is 0 Å². The summed E-state index contributed by atoms with van der Waals surface area (Å²) >= 11 is 0. The van der Waals surface area contributed by atoms with Crippen molar-refractivity contribution < 1.29 is 14.4 Å². The zero-order valence-corrected chi connectivity index (χ0v) is 12.2. The van der Waals surface area contributed by atoms with Crippen LogP contribution in [0.2, 0.25) is 0 Å². The minimum atomic E-state index is -4.32. The van der Waals surface area contributed by atoms with Gasteiger partial charge in [-0.15, -0.1) is 0 Å². The largest absolute Gasteiger partial charge is 0.399 e. The van der Waals surface area contributed by atoms with Crippen molar-refractivity contribution in [3.05, 3.63) is 29.8 Å². The van der Waals surface area contributed by atoms with Gasteiger partial charge in [0, 0.05) is 5.69 Å². The van der Waals surface area contributed by atoms with Crippen LogP contribution < -0.4 is 5.73 Å². The van der Waals surface area contributed by atoms with E-state index in [4.69, 9.17) is 5.73 Å². The fourth-order valence-corrected chi connectivity index (χ4v) is 4.78. The van der Waals surface area contributed by atoms with Gasteiger partial charge in [-0.1, -0.05) is 39.8 Å². The summed E-state index contributed by atoms with van der Waals surface area (Å²) in [6, 6.07) is 6.86. The van der Waals surface area contributed by atoms with Crippen molar-refractivity contribution in [2.75, 3.05) is 5.73 Å². The molecule has 0 heterocycles. The Morgan fingerprint density at radius 1 is 1.17 bits per heavy atom. The Morgan fingerprint density at radius 2 is 1.67 bits per heavy atom. The molecule has 0 aromatic heterocycles. The monoisotopic (exact) mass is 271 g/mol. The molecule has 0 amide bonds. The number of nitrogen functional groups attached to an aromatic ring is 1. The van der Waals surface area contributed by atoms with Gasteiger partial charge in [0.25, 0.3) is 0 Å². The maximum absolute atomic E-state index is 12.1. The second kappa shape index (κ2) is 5.04. The second-order valence-electron chi connectivity index (χ2n) is 5.30. The van der Waals surface area contributed by atoms with Crippen LogP contribution in [0.5, 0.6) is 0 Å². The van der Waals surface area contributed by atoms with Gasteiger partial charge in [-0.05, 0) is 29.5 Å². The molecule has 0 aliphatic rings. The Kier molecular flexibility index (Phi) is 4.26. The maximum atomic E-state index is 12.1. The van der Waals surface area contributed by atoms with E-state index in [2.05, 4.69) is 0 Å². The Labute approximate surface area is 108 Å². The highest BCUT2D eigenvalue weighted by Gasteiger charge is 2.53. The van der Waals surface area contributed by atoms with Gasteiger partial charge in [0.1, 0.15) is 5.16 Å². The van der Waals surface area contributed by atoms with Gasteiger partial charge in [-0.2, -0.15) is 0 Å². The molecule has 0 saturated carbocycles. The Hall–Kier alpha value is -0.830. The van der Waals surface area contributed by atoms with Crippen LogP contribution in [0.1, 0.15) is 33.3 Å². The summed E-state index contributed by atoms with van der Waals surface area (Å²) in [4.78, 5) is 19.8. The molecule has 5 heteroatoms. The summed E-state index contributed by atoms with van der Waals surface area (Å²) in [7, 11) is -4.32. The molecule has 18 heavy (non-hydrogen) atoms. The van der Waals surface area contributed by atoms with Gasteiger partial charge in [-0.25, -0.2) is 0 Å². The third kappa shape index (κ3) is 2.33. The zero-order chi connectivity index (χ0) is 14.1. The molecule has 0 saturated heterocycles. The molecule has 4 nitrogen and oxygen atoms in total. The molecule has 0 aliphatic carbocycles. The first-order chi connectivity index (χ1) is 8.14. The van der Waals surface area contributed by atoms with Crippen molar-refractivity contribution in [1.82, 2.24) is 0 Å². The van der Waals surface area contributed by atoms with Crippen molar-refractivity contribution >= 4 is 13.3 Å². The summed E-state index contributed by atoms with van der Waals surface area (Å²) < 4.78 is 12.1. The average molecular weight is 271 g/mol. The van der Waals surface area contributed by atoms with Gasteiger partial charge in [0.15, 0.2) is 0 Å². The SMILES string of the molecule is CC(C)C(c1cccc(N)c1)(C(C)C)P(=O)(O)O. The number of hydrogen-bond donors (Lipinski definition) is 3. The summed E-state index contributed by atoms with van der Waals surface area (Å²) in [6.07, 6.45) is 0. The molecule has 1 aromatic rings. The van der Waals surface area contributed by atoms with Gasteiger partial charge < -0.3 is 15.5 Å². The van der Waals surface area contributed by atoms with Crippen LogP contribution in [0.3, 0.4) is 0 Å². The Bertz CT molecular complexity index is 457. The third-order valence-corrected chi connectivity index (χ3v) is 5.85. The lowest BCUT2D eigenvalue weighted by molar-refractivity contribution is 0.239. The van der Waals surface area contributed by atoms with Crippen LogP contribution in [-0.2, 0) is 9.72 Å². The lowest BCUT2D eigenvalue weighted by Crippen LogP contribution is -2.37. The van der Waals surface area contributed by atoms with Crippen LogP contribution >= 0.6 is 7.60 Å². The van der Waals surface area contributed by atoms with Crippen LogP contribution in [0.25, 0.3) is 0 Å². The van der Waals surface area contributed by atoms with Gasteiger partial charge in [-0.3, -0.25) is 4.57 Å². The van der Waals surface area contributed by atoms with Gasteiger partial charge in [0.05, 0.1) is 0 Å². The van der Waals surface area contributed by atoms with Crippen LogP contribution in [0.4, 0.5) is 5.69 Å². The number of hydrogen-bond acceptors (Lipinski definition) is 2. The normalized spacial score (nSPS) is 13.3. The molecule has 1 rings (SSSR count). The number of benzene rings is 1. The lowest BCUT2D eigenvalue weighted by atomic mass is 9.78. The predicted octanol–water partition coefficient (Wildman–Crippen LogP) is 2.95. The first kappa shape index (κ1) is 15.2. The molecule has 0 bridgehead atoms. The van der Waals surface area contributed by atoms with E-state index in [9.17, 15) is 14.4 Å². The van der Waals surface area contributed by atoms with Crippen LogP contribution in [0.15, 0.2) is 24.3 Å². The third-order valence-electron chi connectivity index (χ3n) is 3.59. The van der Waals surface area contributed by atoms with E-state index in [-0.39, 0.29) is 11.8 Å². The quantitative estimate of drug-likeness (QED) is 0.580. The summed E-state index contributed by atoms with van der Waals surface area (Å²) in [6.45, 7) is 7.34. The zero-order valence-electron chi connectivity index (χ0n) is 11.3. The molecule has 0 radical (unpaired) electrons. The van der Waals surface area contributed by atoms with E-state index in [1.54, 1.807) is 24.3 Å². The standard InChI is InChI=1S/C13H22NO3P/c1-9(2)13(10(3)4,18(15,16)17)11-6-5-7-12(14)8-11/h5-10H,14H2,1-4H3,(H2,15,16,17). The average Bonchev–Trinajstić information content (AvgIpc) is 2.14. The fraction of sp³-hybridized carbons (Fsp3) is 0.538. The van der Waals surface area contributed by atoms with E-state index in [1.165, 1.54) is 0 Å². The molecule has 0 fully saturated rings. The summed E-state index contributed by atoms with van der Waals surface area (Å²) in [5.74, 6) is -0.389. The molecular weight excluding hydrogens is 249 g/mol. The van der Waals surface area contributed by atoms with Crippen molar-refractivity contribution in [2.45, 2.75) is 32.9 Å². The summed E-state index contributed by atoms with van der Waals surface area (Å²) in [5, 5.41) is -1.19. The lowest BCUT2D eigenvalue weighted by Gasteiger charge is -2.42.